The number of nitrogens with one attached hydrogen (secondary N) is 3. The number of benzene rings is 1. The molecule has 3 amide bonds. The van der Waals surface area contributed by atoms with Crippen molar-refractivity contribution in [2.24, 2.45) is 22.7 Å². The number of ether oxygens (including phenoxy) is 1. The maximum atomic E-state index is 15.2. The number of cyclic esters (lactones) is 1. The highest BCUT2D eigenvalue weighted by atomic mass is 16.5. The number of pyridine rings is 1. The molecule has 13 rings (SSSR count). The lowest BCUT2D eigenvalue weighted by Crippen LogP contribution is -2.62. The van der Waals surface area contributed by atoms with Crippen LogP contribution in [0.5, 0.6) is 0 Å². The minimum atomic E-state index is -0.988. The number of amides is 3. The van der Waals surface area contributed by atoms with Crippen molar-refractivity contribution in [2.45, 2.75) is 173 Å². The molecule has 6 bridgehead atoms. The maximum absolute atomic E-state index is 15.2. The Morgan fingerprint density at radius 1 is 0.910 bits per heavy atom. The van der Waals surface area contributed by atoms with Gasteiger partial charge in [-0.3, -0.25) is 44.3 Å². The van der Waals surface area contributed by atoms with E-state index in [0.717, 1.165) is 148 Å². The van der Waals surface area contributed by atoms with Gasteiger partial charge in [0.15, 0.2) is 0 Å². The second kappa shape index (κ2) is 20.6. The molecule has 1 spiro atoms. The van der Waals surface area contributed by atoms with Crippen molar-refractivity contribution in [1.82, 2.24) is 50.3 Å². The van der Waals surface area contributed by atoms with E-state index >= 15 is 9.59 Å². The summed E-state index contributed by atoms with van der Waals surface area (Å²) in [6, 6.07) is 7.76. The predicted molar refractivity (Wildman–Crippen MR) is 298 cm³/mol. The zero-order valence-corrected chi connectivity index (χ0v) is 46.9. The average molecular weight is 1070 g/mol. The summed E-state index contributed by atoms with van der Waals surface area (Å²) in [5.41, 5.74) is 10.8. The molecule has 17 nitrogen and oxygen atoms in total. The van der Waals surface area contributed by atoms with Crippen LogP contribution in [0.2, 0.25) is 0 Å². The van der Waals surface area contributed by atoms with Crippen molar-refractivity contribution in [3.8, 4) is 22.7 Å². The molecule has 3 aliphatic carbocycles. The van der Waals surface area contributed by atoms with Crippen LogP contribution >= 0.6 is 0 Å². The first-order chi connectivity index (χ1) is 37.7. The molecule has 9 heterocycles. The smallest absolute Gasteiger partial charge is 0.324 e. The molecular formula is C61H83N11O6. The van der Waals surface area contributed by atoms with Gasteiger partial charge in [0.05, 0.1) is 41.6 Å². The number of oxazole rings is 1. The lowest BCUT2D eigenvalue weighted by molar-refractivity contribution is -0.155. The Labute approximate surface area is 459 Å². The highest BCUT2D eigenvalue weighted by molar-refractivity contribution is 5.95. The third-order valence-electron chi connectivity index (χ3n) is 19.5. The number of nitrogens with zero attached hydrogens (tertiary/aromatic N) is 8. The number of carbonyl (C=O) groups excluding carboxylic acids is 4. The monoisotopic (exact) mass is 1070 g/mol. The molecule has 9 aliphatic rings. The fourth-order valence-electron chi connectivity index (χ4n) is 14.9. The third kappa shape index (κ3) is 10.2. The maximum Gasteiger partial charge on any atom is 0.324 e. The fraction of sp³-hybridized carbons (Fsp3) is 0.672. The van der Waals surface area contributed by atoms with E-state index in [0.29, 0.717) is 49.4 Å². The fourth-order valence-corrected chi connectivity index (χ4v) is 14.9. The molecule has 6 atom stereocenters. The van der Waals surface area contributed by atoms with E-state index in [-0.39, 0.29) is 54.0 Å². The van der Waals surface area contributed by atoms with Gasteiger partial charge in [0.25, 0.3) is 5.91 Å². The van der Waals surface area contributed by atoms with E-state index in [2.05, 4.69) is 105 Å². The minimum Gasteiger partial charge on any atom is -0.464 e. The highest BCUT2D eigenvalue weighted by Gasteiger charge is 2.55. The van der Waals surface area contributed by atoms with Gasteiger partial charge in [-0.15, -0.1) is 0 Å². The molecule has 17 heteroatoms. The summed E-state index contributed by atoms with van der Waals surface area (Å²) in [5, 5.41) is 9.39. The molecule has 1 aromatic carbocycles. The van der Waals surface area contributed by atoms with E-state index in [9.17, 15) is 9.59 Å². The van der Waals surface area contributed by atoms with Gasteiger partial charge in [0, 0.05) is 110 Å². The first-order valence-corrected chi connectivity index (χ1v) is 30.1. The number of fused-ring (bicyclic) bond motifs is 6. The summed E-state index contributed by atoms with van der Waals surface area (Å²) in [6.45, 7) is 19.4. The molecule has 3 saturated carbocycles. The van der Waals surface area contributed by atoms with Crippen LogP contribution in [0.4, 0.5) is 5.69 Å². The highest BCUT2D eigenvalue weighted by Crippen LogP contribution is 2.46. The molecule has 3 aromatic heterocycles. The molecule has 418 valence electrons. The standard InChI is InChI=1S/C61H83N11O6/c1-6-71-49-18-15-40-28-44(49)46(54(71)45-30-43(32-62-50(45)37(2)3)68-26-24-67(25-27-68)42-16-17-42)31-60(4,5)36-78-59(76)47-12-9-21-72(66-47)57(74)48(29-41-33-77-56(40)63-41)64-55(73)53(39-10-7-8-11-39)69-22-19-61(34-69)20-23-70(35-61)58(75)52-51(65-52)38-13-14-38/h15,18,28,30,32-33,37-39,42,47-48,51-53,65-66H,6-14,16-17,19-27,29,31,34-36H2,1-5H3,(H,64,73)/t47-,48-,51+,52+,53-,61-/m0/s1. The van der Waals surface area contributed by atoms with E-state index in [4.69, 9.17) is 19.1 Å². The molecule has 6 aliphatic heterocycles. The second-order valence-electron chi connectivity index (χ2n) is 26.2. The Morgan fingerprint density at radius 3 is 2.46 bits per heavy atom. The molecule has 8 fully saturated rings. The zero-order chi connectivity index (χ0) is 53.6. The van der Waals surface area contributed by atoms with Crippen LogP contribution in [-0.4, -0.2) is 160 Å². The number of aryl methyl sites for hydroxylation is 1. The van der Waals surface area contributed by atoms with Crippen molar-refractivity contribution < 1.29 is 28.3 Å². The van der Waals surface area contributed by atoms with E-state index in [1.54, 1.807) is 6.26 Å². The summed E-state index contributed by atoms with van der Waals surface area (Å²) in [6.07, 6.45) is 16.5. The molecule has 3 N–H and O–H groups in total. The zero-order valence-electron chi connectivity index (χ0n) is 46.9. The van der Waals surface area contributed by atoms with Crippen molar-refractivity contribution in [2.75, 3.05) is 70.4 Å². The number of esters is 1. The Balaban J connectivity index is 0.818. The van der Waals surface area contributed by atoms with Gasteiger partial charge < -0.3 is 28.8 Å². The largest absolute Gasteiger partial charge is 0.464 e. The first-order valence-electron chi connectivity index (χ1n) is 30.1. The SMILES string of the molecule is CCn1c(-c2cc(N3CCN(C4CC4)CC3)cnc2C(C)C)c2c3cc(ccc31)-c1nc(co1)C[C@H](NC(=O)[C@H](C1CCCC1)N1CC[C@]3(CCN(C(=O)[C@@H]4N[C@@H]4C4CC4)C3)C1)C(=O)N1CCC[C@H](N1)C(=O)OCC(C)(C)C2. The van der Waals surface area contributed by atoms with Crippen molar-refractivity contribution in [3.63, 3.8) is 0 Å². The number of carbonyl (C=O) groups is 4. The Kier molecular flexibility index (Phi) is 13.8. The number of aromatic nitrogens is 3. The van der Waals surface area contributed by atoms with Gasteiger partial charge in [-0.1, -0.05) is 40.5 Å². The third-order valence-corrected chi connectivity index (χ3v) is 19.5. The van der Waals surface area contributed by atoms with Gasteiger partial charge in [-0.2, -0.15) is 0 Å². The lowest BCUT2D eigenvalue weighted by Gasteiger charge is -2.37. The van der Waals surface area contributed by atoms with E-state index in [1.165, 1.54) is 30.7 Å². The minimum absolute atomic E-state index is 0.0304. The van der Waals surface area contributed by atoms with Crippen molar-refractivity contribution in [3.05, 3.63) is 53.7 Å². The van der Waals surface area contributed by atoms with E-state index in [1.807, 2.05) is 0 Å². The van der Waals surface area contributed by atoms with Gasteiger partial charge in [-0.25, -0.2) is 10.4 Å². The number of rotatable bonds is 11. The average Bonchev–Trinajstić information content (AvgIpc) is 4.58. The quantitative estimate of drug-likeness (QED) is 0.107. The number of hydrogen-bond donors (Lipinski definition) is 3. The summed E-state index contributed by atoms with van der Waals surface area (Å²) in [4.78, 5) is 78.1. The van der Waals surface area contributed by atoms with E-state index < -0.39 is 29.5 Å². The molecule has 5 saturated heterocycles. The normalized spacial score (nSPS) is 28.7. The van der Waals surface area contributed by atoms with Crippen LogP contribution in [0.1, 0.15) is 135 Å². The topological polar surface area (TPSA) is 184 Å². The molecule has 78 heavy (non-hydrogen) atoms. The number of anilines is 1. The summed E-state index contributed by atoms with van der Waals surface area (Å²) in [7, 11) is 0. The molecule has 0 radical (unpaired) electrons. The Morgan fingerprint density at radius 2 is 1.71 bits per heavy atom. The second-order valence-corrected chi connectivity index (χ2v) is 26.2. The van der Waals surface area contributed by atoms with Crippen LogP contribution in [0, 0.1) is 22.7 Å². The number of hydrogen-bond acceptors (Lipinski definition) is 13. The number of likely N-dealkylation sites (tertiary alicyclic amines) is 2. The summed E-state index contributed by atoms with van der Waals surface area (Å²) >= 11 is 0. The van der Waals surface area contributed by atoms with Crippen LogP contribution in [0.25, 0.3) is 33.6 Å². The van der Waals surface area contributed by atoms with Gasteiger partial charge in [0.1, 0.15) is 24.4 Å². The van der Waals surface area contributed by atoms with Gasteiger partial charge in [0.2, 0.25) is 17.7 Å². The molecule has 0 unspecified atom stereocenters. The summed E-state index contributed by atoms with van der Waals surface area (Å²) < 4.78 is 15.1. The Bertz CT molecular complexity index is 2950. The van der Waals surface area contributed by atoms with Gasteiger partial charge >= 0.3 is 5.97 Å². The molecule has 4 aromatic rings. The number of hydrazine groups is 1. The first kappa shape index (κ1) is 52.0. The van der Waals surface area contributed by atoms with Gasteiger partial charge in [-0.05, 0) is 132 Å². The van der Waals surface area contributed by atoms with Crippen LogP contribution in [-0.2, 0) is 43.3 Å². The molecular weight excluding hydrogens is 983 g/mol. The van der Waals surface area contributed by atoms with Crippen LogP contribution in [0.15, 0.2) is 41.1 Å². The summed E-state index contributed by atoms with van der Waals surface area (Å²) in [5.74, 6) is 0.813. The number of piperazine rings is 1. The van der Waals surface area contributed by atoms with Crippen molar-refractivity contribution >= 4 is 40.3 Å². The lowest BCUT2D eigenvalue weighted by atomic mass is 9.84. The van der Waals surface area contributed by atoms with Crippen molar-refractivity contribution in [1.29, 1.82) is 0 Å². The van der Waals surface area contributed by atoms with Crippen LogP contribution in [0.3, 0.4) is 0 Å². The Hall–Kier alpha value is -5.36. The van der Waals surface area contributed by atoms with Crippen LogP contribution < -0.4 is 21.0 Å². The predicted octanol–water partition coefficient (Wildman–Crippen LogP) is 6.67.